The van der Waals surface area contributed by atoms with Gasteiger partial charge in [0.2, 0.25) is 0 Å². The van der Waals surface area contributed by atoms with E-state index in [1.54, 1.807) is 13.8 Å². The van der Waals surface area contributed by atoms with Crippen molar-refractivity contribution >= 4 is 29.0 Å². The fraction of sp³-hybridized carbons (Fsp3) is 0.333. The van der Waals surface area contributed by atoms with Gasteiger partial charge in [0.05, 0.1) is 12.3 Å². The zero-order chi connectivity index (χ0) is 17.8. The Kier molecular flexibility index (Phi) is 3.37. The number of alkyl halides is 3. The number of hydrogen-bond acceptors (Lipinski definition) is 3. The van der Waals surface area contributed by atoms with Gasteiger partial charge in [0, 0.05) is 6.42 Å². The van der Waals surface area contributed by atoms with Crippen LogP contribution in [0.3, 0.4) is 0 Å². The van der Waals surface area contributed by atoms with Gasteiger partial charge in [-0.2, -0.15) is 18.3 Å². The van der Waals surface area contributed by atoms with Crippen LogP contribution < -0.4 is 4.90 Å². The van der Waals surface area contributed by atoms with Gasteiger partial charge in [-0.05, 0) is 31.0 Å². The van der Waals surface area contributed by atoms with E-state index in [2.05, 4.69) is 9.95 Å². The molecule has 1 fully saturated rings. The standard InChI is InChI=1S/C15H11F3N4O2/c1-7-8(2)10(5-4-9(7)19-3)21-13(23)11-6-12(15(16,17)18)20-22(11)14(21)24/h4-5,11H,6H2,1-2H3. The number of nitrogens with zero attached hydrogens (tertiary/aromatic N) is 4. The van der Waals surface area contributed by atoms with E-state index in [9.17, 15) is 22.8 Å². The fourth-order valence-corrected chi connectivity index (χ4v) is 2.77. The molecule has 1 saturated heterocycles. The first-order chi connectivity index (χ1) is 11.2. The summed E-state index contributed by atoms with van der Waals surface area (Å²) in [4.78, 5) is 29.0. The van der Waals surface area contributed by atoms with Gasteiger partial charge < -0.3 is 0 Å². The maximum absolute atomic E-state index is 12.7. The van der Waals surface area contributed by atoms with E-state index in [1.165, 1.54) is 12.1 Å². The number of amides is 3. The molecule has 1 unspecified atom stereocenters. The molecule has 0 spiro atoms. The highest BCUT2D eigenvalue weighted by molar-refractivity contribution is 6.23. The lowest BCUT2D eigenvalue weighted by Gasteiger charge is -2.19. The monoisotopic (exact) mass is 336 g/mol. The quantitative estimate of drug-likeness (QED) is 0.583. The van der Waals surface area contributed by atoms with Crippen LogP contribution in [0.1, 0.15) is 17.5 Å². The topological polar surface area (TPSA) is 57.3 Å². The summed E-state index contributed by atoms with van der Waals surface area (Å²) < 4.78 is 38.2. The minimum absolute atomic E-state index is 0.257. The second kappa shape index (κ2) is 5.06. The van der Waals surface area contributed by atoms with Gasteiger partial charge in [-0.1, -0.05) is 6.07 Å². The van der Waals surface area contributed by atoms with E-state index >= 15 is 0 Å². The molecule has 2 aliphatic heterocycles. The maximum atomic E-state index is 12.7. The summed E-state index contributed by atoms with van der Waals surface area (Å²) in [7, 11) is 0. The number of urea groups is 1. The molecule has 0 radical (unpaired) electrons. The number of hydrazone groups is 1. The van der Waals surface area contributed by atoms with Crippen LogP contribution in [0.4, 0.5) is 29.3 Å². The molecular weight excluding hydrogens is 325 g/mol. The molecule has 1 aromatic carbocycles. The summed E-state index contributed by atoms with van der Waals surface area (Å²) >= 11 is 0. The summed E-state index contributed by atoms with van der Waals surface area (Å²) in [5.41, 5.74) is 0.660. The van der Waals surface area contributed by atoms with E-state index in [0.29, 0.717) is 21.8 Å². The molecule has 0 bridgehead atoms. The molecule has 1 aromatic rings. The molecule has 1 atom stereocenters. The van der Waals surface area contributed by atoms with Gasteiger partial charge in [-0.25, -0.2) is 19.5 Å². The molecule has 0 aliphatic carbocycles. The molecule has 124 valence electrons. The van der Waals surface area contributed by atoms with Gasteiger partial charge in [-0.15, -0.1) is 0 Å². The van der Waals surface area contributed by atoms with Crippen LogP contribution in [0.25, 0.3) is 4.85 Å². The Morgan fingerprint density at radius 1 is 1.25 bits per heavy atom. The van der Waals surface area contributed by atoms with Crippen LogP contribution >= 0.6 is 0 Å². The molecule has 9 heteroatoms. The van der Waals surface area contributed by atoms with Crippen LogP contribution in [0, 0.1) is 20.4 Å². The SMILES string of the molecule is [C-]#[N+]c1ccc(N2C(=O)C3CC(C(F)(F)F)=NN3C2=O)c(C)c1C. The molecule has 6 nitrogen and oxygen atoms in total. The van der Waals surface area contributed by atoms with E-state index in [-0.39, 0.29) is 5.69 Å². The number of anilines is 1. The average molecular weight is 336 g/mol. The summed E-state index contributed by atoms with van der Waals surface area (Å²) in [6.07, 6.45) is -5.32. The van der Waals surface area contributed by atoms with Gasteiger partial charge in [0.25, 0.3) is 5.91 Å². The molecule has 0 aromatic heterocycles. The number of fused-ring (bicyclic) bond motifs is 1. The lowest BCUT2D eigenvalue weighted by molar-refractivity contribution is -0.119. The third kappa shape index (κ3) is 2.14. The summed E-state index contributed by atoms with van der Waals surface area (Å²) in [5, 5.41) is 3.86. The Balaban J connectivity index is 2.01. The molecule has 2 aliphatic rings. The first-order valence-corrected chi connectivity index (χ1v) is 6.96. The van der Waals surface area contributed by atoms with Crippen molar-refractivity contribution in [1.82, 2.24) is 5.01 Å². The Morgan fingerprint density at radius 2 is 1.92 bits per heavy atom. The highest BCUT2D eigenvalue weighted by Gasteiger charge is 2.54. The third-order valence-corrected chi connectivity index (χ3v) is 4.22. The second-order valence-corrected chi connectivity index (χ2v) is 5.53. The average Bonchev–Trinajstić information content (AvgIpc) is 3.04. The van der Waals surface area contributed by atoms with Crippen molar-refractivity contribution in [3.05, 3.63) is 34.7 Å². The Hall–Kier alpha value is -2.89. The predicted molar refractivity (Wildman–Crippen MR) is 78.8 cm³/mol. The molecule has 2 heterocycles. The predicted octanol–water partition coefficient (Wildman–Crippen LogP) is 3.31. The first-order valence-electron chi connectivity index (χ1n) is 6.96. The normalized spacial score (nSPS) is 20.3. The zero-order valence-corrected chi connectivity index (χ0v) is 12.7. The van der Waals surface area contributed by atoms with Crippen molar-refractivity contribution in [1.29, 1.82) is 0 Å². The molecule has 0 N–H and O–H groups in total. The first kappa shape index (κ1) is 16.0. The largest absolute Gasteiger partial charge is 0.431 e. The highest BCUT2D eigenvalue weighted by atomic mass is 19.4. The Morgan fingerprint density at radius 3 is 2.46 bits per heavy atom. The molecule has 3 rings (SSSR count). The van der Waals surface area contributed by atoms with Crippen molar-refractivity contribution in [2.45, 2.75) is 32.5 Å². The molecule has 24 heavy (non-hydrogen) atoms. The number of carbonyl (C=O) groups is 2. The van der Waals surface area contributed by atoms with Crippen LogP contribution in [0.15, 0.2) is 17.2 Å². The maximum Gasteiger partial charge on any atom is 0.431 e. The lowest BCUT2D eigenvalue weighted by Crippen LogP contribution is -2.34. The van der Waals surface area contributed by atoms with E-state index in [4.69, 9.17) is 6.57 Å². The van der Waals surface area contributed by atoms with E-state index in [0.717, 1.165) is 4.90 Å². The highest BCUT2D eigenvalue weighted by Crippen LogP contribution is 2.37. The van der Waals surface area contributed by atoms with Crippen molar-refractivity contribution in [2.75, 3.05) is 4.90 Å². The van der Waals surface area contributed by atoms with Crippen molar-refractivity contribution in [2.24, 2.45) is 5.10 Å². The third-order valence-electron chi connectivity index (χ3n) is 4.22. The Labute approximate surface area is 135 Å². The smallest absolute Gasteiger partial charge is 0.271 e. The summed E-state index contributed by atoms with van der Waals surface area (Å²) in [6, 6.07) is 0.734. The zero-order valence-electron chi connectivity index (χ0n) is 12.7. The number of carbonyl (C=O) groups excluding carboxylic acids is 2. The van der Waals surface area contributed by atoms with Crippen molar-refractivity contribution in [3.63, 3.8) is 0 Å². The van der Waals surface area contributed by atoms with Gasteiger partial charge >= 0.3 is 12.2 Å². The van der Waals surface area contributed by atoms with E-state index < -0.39 is 36.3 Å². The van der Waals surface area contributed by atoms with Crippen LogP contribution in [0.5, 0.6) is 0 Å². The number of benzene rings is 1. The number of imide groups is 1. The Bertz CT molecular complexity index is 838. The molecule has 0 saturated carbocycles. The number of hydrogen-bond donors (Lipinski definition) is 0. The minimum Gasteiger partial charge on any atom is -0.271 e. The second-order valence-electron chi connectivity index (χ2n) is 5.53. The number of rotatable bonds is 1. The van der Waals surface area contributed by atoms with Gasteiger partial charge in [-0.3, -0.25) is 4.79 Å². The van der Waals surface area contributed by atoms with Crippen molar-refractivity contribution in [3.8, 4) is 0 Å². The summed E-state index contributed by atoms with van der Waals surface area (Å²) in [5.74, 6) is -0.749. The van der Waals surface area contributed by atoms with Crippen LogP contribution in [-0.4, -0.2) is 34.9 Å². The van der Waals surface area contributed by atoms with Crippen LogP contribution in [-0.2, 0) is 4.79 Å². The fourth-order valence-electron chi connectivity index (χ4n) is 2.77. The molecular formula is C15H11F3N4O2. The van der Waals surface area contributed by atoms with Crippen LogP contribution in [0.2, 0.25) is 0 Å². The van der Waals surface area contributed by atoms with Gasteiger partial charge in [0.1, 0.15) is 11.8 Å². The minimum atomic E-state index is -4.67. The summed E-state index contributed by atoms with van der Waals surface area (Å²) in [6.45, 7) is 10.4. The lowest BCUT2D eigenvalue weighted by atomic mass is 10.0. The van der Waals surface area contributed by atoms with Crippen molar-refractivity contribution < 1.29 is 22.8 Å². The van der Waals surface area contributed by atoms with Gasteiger partial charge in [0.15, 0.2) is 5.69 Å². The van der Waals surface area contributed by atoms with E-state index in [1.807, 2.05) is 0 Å². The molecule has 3 amide bonds. The number of halogens is 3.